The number of nitrogens with one attached hydrogen (secondary N) is 1. The molecule has 0 heterocycles. The van der Waals surface area contributed by atoms with E-state index < -0.39 is 12.3 Å². The van der Waals surface area contributed by atoms with Crippen molar-refractivity contribution in [1.29, 1.82) is 0 Å². The van der Waals surface area contributed by atoms with Crippen molar-refractivity contribution in [3.8, 4) is 0 Å². The number of amides is 1. The highest BCUT2D eigenvalue weighted by Crippen LogP contribution is 2.00. The maximum atomic E-state index is 12.7. The Morgan fingerprint density at radius 3 is 2.81 bits per heavy atom. The number of alkyl halides is 1. The second kappa shape index (κ2) is 6.61. The molecule has 0 aromatic heterocycles. The number of halogens is 1. The number of carbonyl (C=O) groups is 1. The molecule has 0 aliphatic carbocycles. The van der Waals surface area contributed by atoms with E-state index in [1.165, 1.54) is 0 Å². The van der Waals surface area contributed by atoms with Crippen LogP contribution in [0, 0.1) is 0 Å². The lowest BCUT2D eigenvalue weighted by atomic mass is 10.2. The molecule has 4 heteroatoms. The fraction of sp³-hybridized carbons (Fsp3) is 0.250. The molecule has 86 valence electrons. The minimum atomic E-state index is -1.25. The monoisotopic (exact) mass is 223 g/mol. The van der Waals surface area contributed by atoms with Crippen LogP contribution < -0.4 is 5.32 Å². The first-order valence-electron chi connectivity index (χ1n) is 4.93. The SMILES string of the molecule is C=CC(F)CNC(=O)OCc1ccccc1. The van der Waals surface area contributed by atoms with Crippen LogP contribution in [0.3, 0.4) is 0 Å². The van der Waals surface area contributed by atoms with Crippen LogP contribution in [0.15, 0.2) is 43.0 Å². The van der Waals surface area contributed by atoms with E-state index in [1.54, 1.807) is 0 Å². The van der Waals surface area contributed by atoms with Crippen molar-refractivity contribution in [3.05, 3.63) is 48.6 Å². The lowest BCUT2D eigenvalue weighted by molar-refractivity contribution is 0.137. The molecule has 1 atom stereocenters. The van der Waals surface area contributed by atoms with Gasteiger partial charge in [-0.3, -0.25) is 0 Å². The number of benzene rings is 1. The van der Waals surface area contributed by atoms with E-state index in [1.807, 2.05) is 30.3 Å². The Balaban J connectivity index is 2.23. The van der Waals surface area contributed by atoms with Crippen molar-refractivity contribution in [2.24, 2.45) is 0 Å². The number of hydrogen-bond acceptors (Lipinski definition) is 2. The molecule has 0 fully saturated rings. The van der Waals surface area contributed by atoms with E-state index in [9.17, 15) is 9.18 Å². The molecule has 1 amide bonds. The summed E-state index contributed by atoms with van der Waals surface area (Å²) in [6, 6.07) is 9.27. The van der Waals surface area contributed by atoms with E-state index in [-0.39, 0.29) is 13.2 Å². The van der Waals surface area contributed by atoms with Gasteiger partial charge >= 0.3 is 6.09 Å². The standard InChI is InChI=1S/C12H14FNO2/c1-2-11(13)8-14-12(15)16-9-10-6-4-3-5-7-10/h2-7,11H,1,8-9H2,(H,14,15). The largest absolute Gasteiger partial charge is 0.445 e. The molecule has 1 unspecified atom stereocenters. The van der Waals surface area contributed by atoms with Gasteiger partial charge in [0.2, 0.25) is 0 Å². The van der Waals surface area contributed by atoms with Crippen molar-refractivity contribution in [2.75, 3.05) is 6.54 Å². The summed E-state index contributed by atoms with van der Waals surface area (Å²) in [5.74, 6) is 0. The molecule has 0 saturated carbocycles. The average molecular weight is 223 g/mol. The number of ether oxygens (including phenoxy) is 1. The molecule has 3 nitrogen and oxygen atoms in total. The van der Waals surface area contributed by atoms with Gasteiger partial charge in [0, 0.05) is 0 Å². The summed E-state index contributed by atoms with van der Waals surface area (Å²) in [5, 5.41) is 2.30. The second-order valence-corrected chi connectivity index (χ2v) is 3.19. The van der Waals surface area contributed by atoms with Gasteiger partial charge in [-0.2, -0.15) is 0 Å². The van der Waals surface area contributed by atoms with Crippen LogP contribution in [-0.2, 0) is 11.3 Å². The van der Waals surface area contributed by atoms with Gasteiger partial charge in [-0.15, -0.1) is 6.58 Å². The zero-order chi connectivity index (χ0) is 11.8. The van der Waals surface area contributed by atoms with Crippen molar-refractivity contribution < 1.29 is 13.9 Å². The van der Waals surface area contributed by atoms with Gasteiger partial charge in [0.15, 0.2) is 0 Å². The Morgan fingerprint density at radius 2 is 2.19 bits per heavy atom. The van der Waals surface area contributed by atoms with E-state index in [0.717, 1.165) is 11.6 Å². The van der Waals surface area contributed by atoms with Crippen LogP contribution in [0.25, 0.3) is 0 Å². The van der Waals surface area contributed by atoms with Gasteiger partial charge in [-0.25, -0.2) is 9.18 Å². The smallest absolute Gasteiger partial charge is 0.407 e. The van der Waals surface area contributed by atoms with Gasteiger partial charge in [-0.05, 0) is 5.56 Å². The van der Waals surface area contributed by atoms with Crippen LogP contribution in [0.5, 0.6) is 0 Å². The van der Waals surface area contributed by atoms with E-state index in [0.29, 0.717) is 0 Å². The normalized spacial score (nSPS) is 11.6. The van der Waals surface area contributed by atoms with Crippen LogP contribution in [0.4, 0.5) is 9.18 Å². The fourth-order valence-electron chi connectivity index (χ4n) is 1.04. The predicted molar refractivity (Wildman–Crippen MR) is 59.7 cm³/mol. The first-order chi connectivity index (χ1) is 7.72. The maximum absolute atomic E-state index is 12.7. The molecule has 1 N–H and O–H groups in total. The van der Waals surface area contributed by atoms with Crippen molar-refractivity contribution in [1.82, 2.24) is 5.32 Å². The first kappa shape index (κ1) is 12.2. The van der Waals surface area contributed by atoms with E-state index in [4.69, 9.17) is 4.74 Å². The van der Waals surface area contributed by atoms with E-state index in [2.05, 4.69) is 11.9 Å². The number of alkyl carbamates (subject to hydrolysis) is 1. The lowest BCUT2D eigenvalue weighted by Gasteiger charge is -2.07. The molecule has 0 aliphatic heterocycles. The number of carbonyl (C=O) groups excluding carboxylic acids is 1. The summed E-state index contributed by atoms with van der Waals surface area (Å²) in [4.78, 5) is 11.1. The van der Waals surface area contributed by atoms with Crippen LogP contribution in [0.2, 0.25) is 0 Å². The predicted octanol–water partition coefficient (Wildman–Crippen LogP) is 2.44. The first-order valence-corrected chi connectivity index (χ1v) is 4.93. The summed E-state index contributed by atoms with van der Waals surface area (Å²) in [6.45, 7) is 3.33. The topological polar surface area (TPSA) is 38.3 Å². The molecule has 0 bridgehead atoms. The highest BCUT2D eigenvalue weighted by Gasteiger charge is 2.05. The van der Waals surface area contributed by atoms with E-state index >= 15 is 0 Å². The molecule has 1 aromatic rings. The Hall–Kier alpha value is -1.84. The lowest BCUT2D eigenvalue weighted by Crippen LogP contribution is -2.29. The summed E-state index contributed by atoms with van der Waals surface area (Å²) >= 11 is 0. The summed E-state index contributed by atoms with van der Waals surface area (Å²) in [5.41, 5.74) is 0.887. The van der Waals surface area contributed by atoms with Gasteiger partial charge in [0.25, 0.3) is 0 Å². The molecule has 1 aromatic carbocycles. The maximum Gasteiger partial charge on any atom is 0.407 e. The average Bonchev–Trinajstić information content (AvgIpc) is 2.34. The molecule has 0 saturated heterocycles. The molecule has 0 aliphatic rings. The summed E-state index contributed by atoms with van der Waals surface area (Å²) in [7, 11) is 0. The molecule has 16 heavy (non-hydrogen) atoms. The third-order valence-corrected chi connectivity index (χ3v) is 1.91. The molecular weight excluding hydrogens is 209 g/mol. The van der Waals surface area contributed by atoms with Gasteiger partial charge in [0.05, 0.1) is 6.54 Å². The second-order valence-electron chi connectivity index (χ2n) is 3.19. The van der Waals surface area contributed by atoms with Gasteiger partial charge in [-0.1, -0.05) is 36.4 Å². The summed E-state index contributed by atoms with van der Waals surface area (Å²) in [6.07, 6.45) is -0.755. The van der Waals surface area contributed by atoms with Crippen LogP contribution in [0.1, 0.15) is 5.56 Å². The molecular formula is C12H14FNO2. The molecule has 0 spiro atoms. The van der Waals surface area contributed by atoms with Crippen LogP contribution >= 0.6 is 0 Å². The Labute approximate surface area is 93.9 Å². The quantitative estimate of drug-likeness (QED) is 0.778. The highest BCUT2D eigenvalue weighted by atomic mass is 19.1. The number of rotatable bonds is 5. The zero-order valence-corrected chi connectivity index (χ0v) is 8.86. The van der Waals surface area contributed by atoms with Crippen molar-refractivity contribution >= 4 is 6.09 Å². The fourth-order valence-corrected chi connectivity index (χ4v) is 1.04. The minimum absolute atomic E-state index is 0.114. The third kappa shape index (κ3) is 4.59. The zero-order valence-electron chi connectivity index (χ0n) is 8.86. The molecule has 1 rings (SSSR count). The highest BCUT2D eigenvalue weighted by molar-refractivity contribution is 5.67. The summed E-state index contributed by atoms with van der Waals surface area (Å²) < 4.78 is 17.5. The Morgan fingerprint density at radius 1 is 1.50 bits per heavy atom. The Kier molecular flexibility index (Phi) is 5.05. The van der Waals surface area contributed by atoms with Crippen molar-refractivity contribution in [2.45, 2.75) is 12.8 Å². The minimum Gasteiger partial charge on any atom is -0.445 e. The third-order valence-electron chi connectivity index (χ3n) is 1.91. The van der Waals surface area contributed by atoms with Gasteiger partial charge in [0.1, 0.15) is 12.8 Å². The molecule has 0 radical (unpaired) electrons. The Bertz CT molecular complexity index is 340. The van der Waals surface area contributed by atoms with Crippen LogP contribution in [-0.4, -0.2) is 18.8 Å². The van der Waals surface area contributed by atoms with Gasteiger partial charge < -0.3 is 10.1 Å². The number of hydrogen-bond donors (Lipinski definition) is 1. The van der Waals surface area contributed by atoms with Crippen molar-refractivity contribution in [3.63, 3.8) is 0 Å².